The van der Waals surface area contributed by atoms with E-state index in [1.807, 2.05) is 30.5 Å². The van der Waals surface area contributed by atoms with Gasteiger partial charge < -0.3 is 10.3 Å². The summed E-state index contributed by atoms with van der Waals surface area (Å²) in [5, 5.41) is 3.83. The molecule has 0 aliphatic heterocycles. The van der Waals surface area contributed by atoms with Gasteiger partial charge in [0.25, 0.3) is 0 Å². The molecule has 130 valence electrons. The predicted molar refractivity (Wildman–Crippen MR) is 89.9 cm³/mol. The van der Waals surface area contributed by atoms with Gasteiger partial charge in [-0.25, -0.2) is 0 Å². The van der Waals surface area contributed by atoms with E-state index in [0.29, 0.717) is 18.4 Å². The summed E-state index contributed by atoms with van der Waals surface area (Å²) in [6.07, 6.45) is -1.53. The van der Waals surface area contributed by atoms with Crippen LogP contribution in [0.25, 0.3) is 10.9 Å². The third-order valence-electron chi connectivity index (χ3n) is 4.07. The zero-order chi connectivity index (χ0) is 17.9. The lowest BCUT2D eigenvalue weighted by atomic mass is 10.1. The molecule has 0 atom stereocenters. The van der Waals surface area contributed by atoms with Crippen molar-refractivity contribution in [2.24, 2.45) is 0 Å². The van der Waals surface area contributed by atoms with Crippen molar-refractivity contribution in [2.45, 2.75) is 25.6 Å². The molecule has 2 N–H and O–H groups in total. The molecule has 0 saturated carbocycles. The maximum atomic E-state index is 12.5. The van der Waals surface area contributed by atoms with E-state index < -0.39 is 11.7 Å². The third-order valence-corrected chi connectivity index (χ3v) is 4.07. The topological polar surface area (TPSA) is 44.9 Å². The molecule has 6 heteroatoms. The Hall–Kier alpha value is -2.76. The van der Waals surface area contributed by atoms with Gasteiger partial charge in [-0.1, -0.05) is 30.3 Å². The van der Waals surface area contributed by atoms with Crippen molar-refractivity contribution in [1.82, 2.24) is 10.3 Å². The minimum Gasteiger partial charge on any atom is -0.361 e. The maximum Gasteiger partial charge on any atom is 0.416 e. The fourth-order valence-corrected chi connectivity index (χ4v) is 2.69. The molecule has 2 aromatic carbocycles. The van der Waals surface area contributed by atoms with E-state index in [1.165, 1.54) is 12.1 Å². The van der Waals surface area contributed by atoms with Gasteiger partial charge in [0.05, 0.1) is 5.56 Å². The summed E-state index contributed by atoms with van der Waals surface area (Å²) in [6, 6.07) is 12.7. The molecule has 3 aromatic rings. The quantitative estimate of drug-likeness (QED) is 0.705. The Morgan fingerprint density at radius 1 is 1.04 bits per heavy atom. The van der Waals surface area contributed by atoms with E-state index in [0.717, 1.165) is 28.6 Å². The van der Waals surface area contributed by atoms with Crippen LogP contribution < -0.4 is 5.32 Å². The molecule has 1 amide bonds. The van der Waals surface area contributed by atoms with E-state index >= 15 is 0 Å². The van der Waals surface area contributed by atoms with Gasteiger partial charge in [0.15, 0.2) is 0 Å². The molecule has 0 aliphatic rings. The van der Waals surface area contributed by atoms with Gasteiger partial charge >= 0.3 is 6.18 Å². The summed E-state index contributed by atoms with van der Waals surface area (Å²) in [5.41, 5.74) is 2.04. The number of H-pyrrole nitrogens is 1. The van der Waals surface area contributed by atoms with Crippen molar-refractivity contribution in [2.75, 3.05) is 0 Å². The lowest BCUT2D eigenvalue weighted by molar-refractivity contribution is -0.137. The lowest BCUT2D eigenvalue weighted by Gasteiger charge is -2.08. The van der Waals surface area contributed by atoms with Crippen LogP contribution in [0, 0.1) is 0 Å². The molecule has 1 heterocycles. The second kappa shape index (κ2) is 7.01. The fraction of sp³-hybridized carbons (Fsp3) is 0.211. The summed E-state index contributed by atoms with van der Waals surface area (Å²) in [4.78, 5) is 15.1. The number of halogens is 3. The molecule has 25 heavy (non-hydrogen) atoms. The molecular formula is C19H17F3N2O. The Bertz CT molecular complexity index is 866. The van der Waals surface area contributed by atoms with Gasteiger partial charge in [-0.05, 0) is 35.7 Å². The molecule has 0 radical (unpaired) electrons. The van der Waals surface area contributed by atoms with E-state index in [9.17, 15) is 18.0 Å². The second-order valence-corrected chi connectivity index (χ2v) is 5.83. The van der Waals surface area contributed by atoms with Crippen LogP contribution in [0.5, 0.6) is 0 Å². The van der Waals surface area contributed by atoms with Crippen molar-refractivity contribution in [1.29, 1.82) is 0 Å². The zero-order valence-electron chi connectivity index (χ0n) is 13.4. The number of aromatic amines is 1. The normalized spacial score (nSPS) is 11.6. The van der Waals surface area contributed by atoms with Crippen molar-refractivity contribution in [3.05, 3.63) is 71.4 Å². The number of amides is 1. The highest BCUT2D eigenvalue weighted by Crippen LogP contribution is 2.29. The maximum absolute atomic E-state index is 12.5. The van der Waals surface area contributed by atoms with Crippen LogP contribution in [0.3, 0.4) is 0 Å². The van der Waals surface area contributed by atoms with Crippen LogP contribution in [0.1, 0.15) is 23.1 Å². The summed E-state index contributed by atoms with van der Waals surface area (Å²) < 4.78 is 37.5. The smallest absolute Gasteiger partial charge is 0.361 e. The minimum atomic E-state index is -4.35. The Labute approximate surface area is 142 Å². The zero-order valence-corrected chi connectivity index (χ0v) is 13.4. The van der Waals surface area contributed by atoms with E-state index in [4.69, 9.17) is 0 Å². The predicted octanol–water partition coefficient (Wildman–Crippen LogP) is 4.44. The Morgan fingerprint density at radius 3 is 2.48 bits per heavy atom. The number of hydrogen-bond acceptors (Lipinski definition) is 1. The molecule has 1 aromatic heterocycles. The van der Waals surface area contributed by atoms with E-state index in [2.05, 4.69) is 10.3 Å². The summed E-state index contributed by atoms with van der Waals surface area (Å²) in [5.74, 6) is -0.134. The molecule has 0 aliphatic carbocycles. The number of nitrogens with one attached hydrogen (secondary N) is 2. The number of fused-ring (bicyclic) bond motifs is 1. The van der Waals surface area contributed by atoms with E-state index in [1.54, 1.807) is 0 Å². The second-order valence-electron chi connectivity index (χ2n) is 5.83. The number of para-hydroxylation sites is 1. The van der Waals surface area contributed by atoms with Crippen LogP contribution in [0.15, 0.2) is 54.7 Å². The first-order valence-corrected chi connectivity index (χ1v) is 7.91. The van der Waals surface area contributed by atoms with Crippen LogP contribution in [0.4, 0.5) is 13.2 Å². The average Bonchev–Trinajstić information content (AvgIpc) is 3.01. The van der Waals surface area contributed by atoms with Gasteiger partial charge in [-0.2, -0.15) is 13.2 Å². The van der Waals surface area contributed by atoms with Gasteiger partial charge in [0.1, 0.15) is 0 Å². The van der Waals surface area contributed by atoms with Gasteiger partial charge in [0, 0.05) is 30.1 Å². The molecule has 3 nitrogen and oxygen atoms in total. The Balaban J connectivity index is 1.51. The van der Waals surface area contributed by atoms with Crippen LogP contribution in [-0.2, 0) is 23.9 Å². The largest absolute Gasteiger partial charge is 0.416 e. The highest BCUT2D eigenvalue weighted by atomic mass is 19.4. The van der Waals surface area contributed by atoms with Gasteiger partial charge in [-0.3, -0.25) is 4.79 Å². The molecule has 3 rings (SSSR count). The minimum absolute atomic E-state index is 0.134. The summed E-state index contributed by atoms with van der Waals surface area (Å²) in [6.45, 7) is 0.213. The number of alkyl halides is 3. The fourth-order valence-electron chi connectivity index (χ4n) is 2.69. The highest BCUT2D eigenvalue weighted by Gasteiger charge is 2.29. The molecular weight excluding hydrogens is 329 g/mol. The number of carbonyl (C=O) groups excluding carboxylic acids is 1. The van der Waals surface area contributed by atoms with Crippen molar-refractivity contribution >= 4 is 16.8 Å². The summed E-state index contributed by atoms with van der Waals surface area (Å²) in [7, 11) is 0. The Kier molecular flexibility index (Phi) is 4.79. The standard InChI is InChI=1S/C19H17F3N2O/c20-19(21,22)15-8-5-13(6-9-15)11-24-18(25)10-7-14-12-23-17-4-2-1-3-16(14)17/h1-6,8-9,12,23H,7,10-11H2,(H,24,25). The Morgan fingerprint density at radius 2 is 1.76 bits per heavy atom. The van der Waals surface area contributed by atoms with Crippen molar-refractivity contribution < 1.29 is 18.0 Å². The van der Waals surface area contributed by atoms with Crippen LogP contribution in [0.2, 0.25) is 0 Å². The number of hydrogen-bond donors (Lipinski definition) is 2. The molecule has 0 unspecified atom stereocenters. The first-order chi connectivity index (χ1) is 11.9. The van der Waals surface area contributed by atoms with Crippen LogP contribution >= 0.6 is 0 Å². The average molecular weight is 346 g/mol. The third kappa shape index (κ3) is 4.21. The highest BCUT2D eigenvalue weighted by molar-refractivity contribution is 5.84. The number of rotatable bonds is 5. The molecule has 0 spiro atoms. The van der Waals surface area contributed by atoms with E-state index in [-0.39, 0.29) is 12.5 Å². The monoisotopic (exact) mass is 346 g/mol. The number of carbonyl (C=O) groups is 1. The first kappa shape index (κ1) is 17.1. The molecule has 0 bridgehead atoms. The first-order valence-electron chi connectivity index (χ1n) is 7.91. The number of aromatic nitrogens is 1. The van der Waals surface area contributed by atoms with Gasteiger partial charge in [-0.15, -0.1) is 0 Å². The summed E-state index contributed by atoms with van der Waals surface area (Å²) >= 11 is 0. The SMILES string of the molecule is O=C(CCc1c[nH]c2ccccc12)NCc1ccc(C(F)(F)F)cc1. The van der Waals surface area contributed by atoms with Gasteiger partial charge in [0.2, 0.25) is 5.91 Å². The van der Waals surface area contributed by atoms with Crippen molar-refractivity contribution in [3.63, 3.8) is 0 Å². The van der Waals surface area contributed by atoms with Crippen LogP contribution in [-0.4, -0.2) is 10.9 Å². The molecule has 0 saturated heterocycles. The lowest BCUT2D eigenvalue weighted by Crippen LogP contribution is -2.23. The number of aryl methyl sites for hydroxylation is 1. The molecule has 0 fully saturated rings. The van der Waals surface area contributed by atoms with Crippen molar-refractivity contribution in [3.8, 4) is 0 Å². The number of benzene rings is 2.